The number of aromatic nitrogens is 2. The van der Waals surface area contributed by atoms with E-state index in [0.717, 1.165) is 17.0 Å². The lowest BCUT2D eigenvalue weighted by Crippen LogP contribution is -2.41. The molecule has 0 radical (unpaired) electrons. The number of rotatable bonds is 5. The number of nitrogens with zero attached hydrogens (tertiary/aromatic N) is 6. The third kappa shape index (κ3) is 3.30. The number of aryl methyl sites for hydroxylation is 1. The van der Waals surface area contributed by atoms with E-state index in [2.05, 4.69) is 5.10 Å². The zero-order chi connectivity index (χ0) is 26.8. The van der Waals surface area contributed by atoms with Crippen LogP contribution >= 0.6 is 0 Å². The maximum Gasteiger partial charge on any atom is 0.284 e. The normalized spacial score (nSPS) is 12.8. The molecular formula is C23H14N6O8. The number of hydrogen-bond acceptors (Lipinski definition) is 9. The third-order valence-electron chi connectivity index (χ3n) is 6.16. The highest BCUT2D eigenvalue weighted by atomic mass is 16.6. The molecule has 5 rings (SSSR count). The Balaban J connectivity index is 1.70. The van der Waals surface area contributed by atoms with Crippen molar-refractivity contribution in [2.24, 2.45) is 0 Å². The van der Waals surface area contributed by atoms with Crippen molar-refractivity contribution in [2.45, 2.75) is 13.8 Å². The summed E-state index contributed by atoms with van der Waals surface area (Å²) in [5.41, 5.74) is -0.273. The van der Waals surface area contributed by atoms with Crippen molar-refractivity contribution in [3.63, 3.8) is 0 Å². The Kier molecular flexibility index (Phi) is 5.03. The Hall–Kier alpha value is -5.53. The predicted molar refractivity (Wildman–Crippen MR) is 128 cm³/mol. The second-order valence-corrected chi connectivity index (χ2v) is 8.18. The Bertz CT molecular complexity index is 1660. The van der Waals surface area contributed by atoms with Crippen molar-refractivity contribution in [2.75, 3.05) is 4.90 Å². The lowest BCUT2D eigenvalue weighted by atomic mass is 9.91. The van der Waals surface area contributed by atoms with Gasteiger partial charge in [0.1, 0.15) is 5.39 Å². The van der Waals surface area contributed by atoms with Crippen LogP contribution in [0.25, 0.3) is 16.5 Å². The molecule has 37 heavy (non-hydrogen) atoms. The summed E-state index contributed by atoms with van der Waals surface area (Å²) < 4.78 is 1.42. The number of carbonyl (C=O) groups excluding carboxylic acids is 2. The summed E-state index contributed by atoms with van der Waals surface area (Å²) in [6.45, 7) is 3.18. The van der Waals surface area contributed by atoms with Crippen molar-refractivity contribution in [3.8, 4) is 5.69 Å². The van der Waals surface area contributed by atoms with Gasteiger partial charge in [0.25, 0.3) is 28.9 Å². The Morgan fingerprint density at radius 2 is 1.22 bits per heavy atom. The molecule has 0 unspecified atom stereocenters. The fourth-order valence-electron chi connectivity index (χ4n) is 4.58. The first-order chi connectivity index (χ1) is 17.5. The summed E-state index contributed by atoms with van der Waals surface area (Å²) in [7, 11) is 0. The van der Waals surface area contributed by atoms with Crippen LogP contribution in [0.1, 0.15) is 32.1 Å². The topological polar surface area (TPSA) is 185 Å². The fraction of sp³-hybridized carbons (Fsp3) is 0.0870. The van der Waals surface area contributed by atoms with Crippen LogP contribution in [-0.4, -0.2) is 36.4 Å². The van der Waals surface area contributed by atoms with Gasteiger partial charge in [-0.05, 0) is 38.1 Å². The first-order valence-electron chi connectivity index (χ1n) is 10.6. The highest BCUT2D eigenvalue weighted by Gasteiger charge is 2.40. The smallest absolute Gasteiger partial charge is 0.268 e. The number of nitro groups is 3. The van der Waals surface area contributed by atoms with Crippen LogP contribution in [0.15, 0.2) is 48.5 Å². The van der Waals surface area contributed by atoms with E-state index in [0.29, 0.717) is 17.1 Å². The van der Waals surface area contributed by atoms with Crippen LogP contribution in [-0.2, 0) is 0 Å². The van der Waals surface area contributed by atoms with Crippen LogP contribution in [0.2, 0.25) is 0 Å². The van der Waals surface area contributed by atoms with Crippen LogP contribution < -0.4 is 4.90 Å². The quantitative estimate of drug-likeness (QED) is 0.219. The Morgan fingerprint density at radius 3 is 1.68 bits per heavy atom. The van der Waals surface area contributed by atoms with Gasteiger partial charge in [-0.25, -0.2) is 9.58 Å². The van der Waals surface area contributed by atoms with E-state index in [-0.39, 0.29) is 27.9 Å². The van der Waals surface area contributed by atoms with Crippen LogP contribution in [0.4, 0.5) is 22.7 Å². The molecule has 4 aromatic rings. The average Bonchev–Trinajstić information content (AvgIpc) is 3.15. The van der Waals surface area contributed by atoms with E-state index in [1.54, 1.807) is 13.8 Å². The Morgan fingerprint density at radius 1 is 0.703 bits per heavy atom. The van der Waals surface area contributed by atoms with Gasteiger partial charge in [0.2, 0.25) is 0 Å². The molecule has 0 bridgehead atoms. The van der Waals surface area contributed by atoms with Gasteiger partial charge in [-0.15, -0.1) is 0 Å². The van der Waals surface area contributed by atoms with E-state index in [1.165, 1.54) is 41.1 Å². The molecule has 2 amide bonds. The molecule has 2 heterocycles. The second kappa shape index (κ2) is 8.01. The number of non-ortho nitro benzene ring substituents is 3. The number of carbonyl (C=O) groups is 2. The van der Waals surface area contributed by atoms with Gasteiger partial charge in [-0.3, -0.25) is 39.9 Å². The number of imide groups is 1. The molecule has 14 nitrogen and oxygen atoms in total. The molecular weight excluding hydrogens is 488 g/mol. The number of hydrogen-bond donors (Lipinski definition) is 0. The van der Waals surface area contributed by atoms with Gasteiger partial charge >= 0.3 is 0 Å². The standard InChI is InChI=1S/C23H14N6O8/c1-11-21(12(2)26(24-11)13-3-5-14(6-4-13)27(32)33)25-22(30)15-7-9-17(28(34)35)20-18(29(36)37)10-8-16(19(15)20)23(25)31/h3-10H,1-2H3. The van der Waals surface area contributed by atoms with Gasteiger partial charge < -0.3 is 0 Å². The minimum Gasteiger partial charge on any atom is -0.268 e. The maximum absolute atomic E-state index is 13.6. The minimum absolute atomic E-state index is 0.110. The van der Waals surface area contributed by atoms with Crippen molar-refractivity contribution < 1.29 is 24.4 Å². The largest absolute Gasteiger partial charge is 0.284 e. The zero-order valence-corrected chi connectivity index (χ0v) is 19.1. The van der Waals surface area contributed by atoms with Gasteiger partial charge in [-0.2, -0.15) is 5.10 Å². The molecule has 0 fully saturated rings. The molecule has 184 valence electrons. The minimum atomic E-state index is -0.827. The lowest BCUT2D eigenvalue weighted by Gasteiger charge is -2.27. The third-order valence-corrected chi connectivity index (χ3v) is 6.16. The van der Waals surface area contributed by atoms with Crippen molar-refractivity contribution >= 4 is 45.3 Å². The van der Waals surface area contributed by atoms with Crippen LogP contribution in [0.5, 0.6) is 0 Å². The molecule has 1 aromatic heterocycles. The van der Waals surface area contributed by atoms with Gasteiger partial charge in [0, 0.05) is 40.8 Å². The summed E-state index contributed by atoms with van der Waals surface area (Å²) >= 11 is 0. The molecule has 0 saturated heterocycles. The van der Waals surface area contributed by atoms with Gasteiger partial charge in [0.05, 0.1) is 37.5 Å². The predicted octanol–water partition coefficient (Wildman–Crippen LogP) is 4.17. The zero-order valence-electron chi connectivity index (χ0n) is 19.1. The first kappa shape index (κ1) is 23.2. The Labute approximate surface area is 205 Å². The lowest BCUT2D eigenvalue weighted by molar-refractivity contribution is -0.390. The van der Waals surface area contributed by atoms with E-state index < -0.39 is 43.3 Å². The van der Waals surface area contributed by atoms with Crippen LogP contribution in [0.3, 0.4) is 0 Å². The number of amides is 2. The van der Waals surface area contributed by atoms with Crippen LogP contribution in [0, 0.1) is 44.2 Å². The van der Waals surface area contributed by atoms with E-state index in [9.17, 15) is 39.9 Å². The van der Waals surface area contributed by atoms with E-state index in [4.69, 9.17) is 0 Å². The summed E-state index contributed by atoms with van der Waals surface area (Å²) in [6.07, 6.45) is 0. The second-order valence-electron chi connectivity index (χ2n) is 8.18. The highest BCUT2D eigenvalue weighted by Crippen LogP contribution is 2.42. The van der Waals surface area contributed by atoms with Crippen molar-refractivity contribution in [3.05, 3.63) is 101 Å². The molecule has 3 aromatic carbocycles. The van der Waals surface area contributed by atoms with E-state index >= 15 is 0 Å². The maximum atomic E-state index is 13.6. The molecule has 0 saturated carbocycles. The molecule has 1 aliphatic heterocycles. The number of nitro benzene ring substituents is 3. The summed E-state index contributed by atoms with van der Waals surface area (Å²) in [5, 5.41) is 38.0. The van der Waals surface area contributed by atoms with E-state index in [1.807, 2.05) is 0 Å². The molecule has 0 spiro atoms. The van der Waals surface area contributed by atoms with Crippen molar-refractivity contribution in [1.82, 2.24) is 9.78 Å². The molecule has 0 atom stereocenters. The molecule has 14 heteroatoms. The SMILES string of the molecule is Cc1nn(-c2ccc([N+](=O)[O-])cc2)c(C)c1N1C(=O)c2ccc([N+](=O)[O-])c3c([N+](=O)[O-])ccc(c23)C1=O. The van der Waals surface area contributed by atoms with Crippen molar-refractivity contribution in [1.29, 1.82) is 0 Å². The molecule has 0 aliphatic carbocycles. The van der Waals surface area contributed by atoms with Gasteiger partial charge in [0.15, 0.2) is 0 Å². The summed E-state index contributed by atoms with van der Waals surface area (Å²) in [6, 6.07) is 9.85. The molecule has 1 aliphatic rings. The summed E-state index contributed by atoms with van der Waals surface area (Å²) in [5.74, 6) is -1.65. The van der Waals surface area contributed by atoms with Gasteiger partial charge in [-0.1, -0.05) is 0 Å². The fourth-order valence-corrected chi connectivity index (χ4v) is 4.58. The average molecular weight is 502 g/mol. The highest BCUT2D eigenvalue weighted by molar-refractivity contribution is 6.37. The molecule has 0 N–H and O–H groups in total. The summed E-state index contributed by atoms with van der Waals surface area (Å²) in [4.78, 5) is 60.1. The monoisotopic (exact) mass is 502 g/mol. The first-order valence-corrected chi connectivity index (χ1v) is 10.6. The number of anilines is 1. The number of benzene rings is 3.